The van der Waals surface area contributed by atoms with Crippen molar-refractivity contribution in [1.82, 2.24) is 5.32 Å². The van der Waals surface area contributed by atoms with Crippen LogP contribution in [0.3, 0.4) is 0 Å². The molecule has 0 saturated heterocycles. The number of ether oxygens (including phenoxy) is 1. The van der Waals surface area contributed by atoms with Gasteiger partial charge in [0.2, 0.25) is 5.91 Å². The maximum absolute atomic E-state index is 11.4. The Balaban J connectivity index is 3.13. The molecule has 0 aliphatic heterocycles. The number of aliphatic hydroxyl groups is 1. The number of aldehydes is 1. The minimum atomic E-state index is 0.0147. The first-order valence-electron chi connectivity index (χ1n) is 7.20. The summed E-state index contributed by atoms with van der Waals surface area (Å²) in [6.45, 7) is 1.29. The number of amides is 1. The van der Waals surface area contributed by atoms with Gasteiger partial charge in [0.05, 0.1) is 19.8 Å². The molecule has 1 amide bonds. The van der Waals surface area contributed by atoms with Crippen LogP contribution in [-0.4, -0.2) is 43.7 Å². The van der Waals surface area contributed by atoms with Gasteiger partial charge in [-0.25, -0.2) is 0 Å². The van der Waals surface area contributed by atoms with Crippen molar-refractivity contribution in [2.45, 2.75) is 51.4 Å². The summed E-state index contributed by atoms with van der Waals surface area (Å²) in [6, 6.07) is 0. The van der Waals surface area contributed by atoms with E-state index in [-0.39, 0.29) is 12.5 Å². The molecule has 0 aliphatic carbocycles. The van der Waals surface area contributed by atoms with Gasteiger partial charge in [0, 0.05) is 19.4 Å². The molecule has 2 N–H and O–H groups in total. The van der Waals surface area contributed by atoms with E-state index in [9.17, 15) is 9.59 Å². The highest BCUT2D eigenvalue weighted by Crippen LogP contribution is 2.07. The van der Waals surface area contributed by atoms with Gasteiger partial charge < -0.3 is 20.0 Å². The van der Waals surface area contributed by atoms with E-state index in [4.69, 9.17) is 9.84 Å². The zero-order valence-electron chi connectivity index (χ0n) is 11.7. The number of hydrogen-bond donors (Lipinski definition) is 2. The van der Waals surface area contributed by atoms with E-state index in [0.717, 1.165) is 44.8 Å². The third kappa shape index (κ3) is 15.0. The lowest BCUT2D eigenvalue weighted by atomic mass is 10.1. The number of carbonyl (C=O) groups is 2. The Kier molecular flexibility index (Phi) is 14.4. The van der Waals surface area contributed by atoms with Crippen LogP contribution in [-0.2, 0) is 14.3 Å². The fourth-order valence-corrected chi connectivity index (χ4v) is 1.74. The van der Waals surface area contributed by atoms with Gasteiger partial charge in [0.15, 0.2) is 0 Å². The minimum absolute atomic E-state index is 0.0147. The molecule has 5 heteroatoms. The van der Waals surface area contributed by atoms with Crippen molar-refractivity contribution in [2.75, 3.05) is 26.4 Å². The highest BCUT2D eigenvalue weighted by atomic mass is 16.5. The normalized spacial score (nSPS) is 10.4. The zero-order chi connectivity index (χ0) is 14.2. The molecule has 19 heavy (non-hydrogen) atoms. The first-order chi connectivity index (χ1) is 9.31. The van der Waals surface area contributed by atoms with Gasteiger partial charge in [-0.2, -0.15) is 0 Å². The predicted molar refractivity (Wildman–Crippen MR) is 73.9 cm³/mol. The molecular weight excluding hydrogens is 246 g/mol. The summed E-state index contributed by atoms with van der Waals surface area (Å²) in [5, 5.41) is 11.3. The average molecular weight is 273 g/mol. The molecule has 5 nitrogen and oxygen atoms in total. The zero-order valence-corrected chi connectivity index (χ0v) is 11.7. The first kappa shape index (κ1) is 18.1. The molecule has 0 saturated carbocycles. The highest BCUT2D eigenvalue weighted by molar-refractivity contribution is 5.75. The summed E-state index contributed by atoms with van der Waals surface area (Å²) in [7, 11) is 0. The van der Waals surface area contributed by atoms with Crippen molar-refractivity contribution in [3.05, 3.63) is 0 Å². The van der Waals surface area contributed by atoms with Crippen molar-refractivity contribution >= 4 is 12.2 Å². The number of unbranched alkanes of at least 4 members (excludes halogenated alkanes) is 6. The van der Waals surface area contributed by atoms with Crippen LogP contribution in [0, 0.1) is 0 Å². The lowest BCUT2D eigenvalue weighted by molar-refractivity contribution is -0.121. The Labute approximate surface area is 115 Å². The third-order valence-corrected chi connectivity index (χ3v) is 2.78. The smallest absolute Gasteiger partial charge is 0.220 e. The lowest BCUT2D eigenvalue weighted by Gasteiger charge is -2.05. The Bertz CT molecular complexity index is 221. The van der Waals surface area contributed by atoms with Gasteiger partial charge >= 0.3 is 0 Å². The molecule has 0 atom stereocenters. The van der Waals surface area contributed by atoms with Crippen LogP contribution in [0.15, 0.2) is 0 Å². The Morgan fingerprint density at radius 1 is 1.05 bits per heavy atom. The summed E-state index contributed by atoms with van der Waals surface area (Å²) in [6.07, 6.45) is 8.54. The summed E-state index contributed by atoms with van der Waals surface area (Å²) >= 11 is 0. The van der Waals surface area contributed by atoms with Gasteiger partial charge in [-0.05, 0) is 12.8 Å². The first-order valence-corrected chi connectivity index (χ1v) is 7.20. The molecule has 0 aliphatic rings. The standard InChI is InChI=1S/C14H27NO4/c16-10-7-5-3-1-2-4-6-8-14(18)15-9-12-19-13-11-17/h10,17H,1-9,11-13H2,(H,15,18). The van der Waals surface area contributed by atoms with Crippen LogP contribution in [0.25, 0.3) is 0 Å². The van der Waals surface area contributed by atoms with Gasteiger partial charge in [-0.3, -0.25) is 4.79 Å². The molecule has 0 aromatic heterocycles. The number of nitrogens with one attached hydrogen (secondary N) is 1. The van der Waals surface area contributed by atoms with E-state index in [2.05, 4.69) is 5.32 Å². The fraction of sp³-hybridized carbons (Fsp3) is 0.857. The highest BCUT2D eigenvalue weighted by Gasteiger charge is 2.00. The van der Waals surface area contributed by atoms with Gasteiger partial charge in [0.25, 0.3) is 0 Å². The molecule has 0 fully saturated rings. The molecule has 0 unspecified atom stereocenters. The number of carbonyl (C=O) groups excluding carboxylic acids is 2. The maximum Gasteiger partial charge on any atom is 0.220 e. The van der Waals surface area contributed by atoms with Crippen LogP contribution in [0.2, 0.25) is 0 Å². The molecule has 0 heterocycles. The topological polar surface area (TPSA) is 75.6 Å². The SMILES string of the molecule is O=CCCCCCCCCC(=O)NCCOCCO. The molecule has 0 aromatic rings. The number of hydrogen-bond acceptors (Lipinski definition) is 4. The summed E-state index contributed by atoms with van der Waals surface area (Å²) < 4.78 is 5.03. The van der Waals surface area contributed by atoms with E-state index in [1.54, 1.807) is 0 Å². The van der Waals surface area contributed by atoms with Gasteiger partial charge in [0.1, 0.15) is 6.29 Å². The van der Waals surface area contributed by atoms with Crippen molar-refractivity contribution < 1.29 is 19.4 Å². The maximum atomic E-state index is 11.4. The van der Waals surface area contributed by atoms with Crippen molar-refractivity contribution in [2.24, 2.45) is 0 Å². The molecule has 0 bridgehead atoms. The second-order valence-corrected chi connectivity index (χ2v) is 4.51. The van der Waals surface area contributed by atoms with Crippen molar-refractivity contribution in [3.8, 4) is 0 Å². The van der Waals surface area contributed by atoms with E-state index in [1.165, 1.54) is 0 Å². The number of aliphatic hydroxyl groups excluding tert-OH is 1. The minimum Gasteiger partial charge on any atom is -0.394 e. The second-order valence-electron chi connectivity index (χ2n) is 4.51. The molecule has 112 valence electrons. The summed E-state index contributed by atoms with van der Waals surface area (Å²) in [5.41, 5.74) is 0. The number of rotatable bonds is 14. The van der Waals surface area contributed by atoms with Crippen molar-refractivity contribution in [1.29, 1.82) is 0 Å². The fourth-order valence-electron chi connectivity index (χ4n) is 1.74. The van der Waals surface area contributed by atoms with Crippen LogP contribution >= 0.6 is 0 Å². The van der Waals surface area contributed by atoms with Gasteiger partial charge in [-0.15, -0.1) is 0 Å². The predicted octanol–water partition coefficient (Wildman–Crippen LogP) is 1.43. The molecular formula is C14H27NO4. The van der Waals surface area contributed by atoms with Crippen molar-refractivity contribution in [3.63, 3.8) is 0 Å². The quantitative estimate of drug-likeness (QED) is 0.371. The van der Waals surface area contributed by atoms with Crippen LogP contribution in [0.5, 0.6) is 0 Å². The average Bonchev–Trinajstić information content (AvgIpc) is 2.41. The van der Waals surface area contributed by atoms with Crippen LogP contribution in [0.1, 0.15) is 51.4 Å². The molecule has 0 spiro atoms. The lowest BCUT2D eigenvalue weighted by Crippen LogP contribution is -2.27. The van der Waals surface area contributed by atoms with E-state index in [0.29, 0.717) is 32.6 Å². The molecule has 0 rings (SSSR count). The Morgan fingerprint density at radius 3 is 2.42 bits per heavy atom. The Morgan fingerprint density at radius 2 is 1.74 bits per heavy atom. The molecule has 0 aromatic carbocycles. The van der Waals surface area contributed by atoms with Crippen LogP contribution < -0.4 is 5.32 Å². The molecule has 0 radical (unpaired) electrons. The van der Waals surface area contributed by atoms with Crippen LogP contribution in [0.4, 0.5) is 0 Å². The summed E-state index contributed by atoms with van der Waals surface area (Å²) in [5.74, 6) is 0.0635. The third-order valence-electron chi connectivity index (χ3n) is 2.78. The van der Waals surface area contributed by atoms with Gasteiger partial charge in [-0.1, -0.05) is 25.7 Å². The van der Waals surface area contributed by atoms with E-state index in [1.807, 2.05) is 0 Å². The second kappa shape index (κ2) is 15.1. The Hall–Kier alpha value is -0.940. The summed E-state index contributed by atoms with van der Waals surface area (Å²) in [4.78, 5) is 21.5. The largest absolute Gasteiger partial charge is 0.394 e. The van der Waals surface area contributed by atoms with E-state index >= 15 is 0 Å². The van der Waals surface area contributed by atoms with E-state index < -0.39 is 0 Å². The monoisotopic (exact) mass is 273 g/mol.